The zero-order valence-corrected chi connectivity index (χ0v) is 18.6. The smallest absolute Gasteiger partial charge is 0.341 e. The Balaban J connectivity index is 1.60. The van der Waals surface area contributed by atoms with E-state index in [9.17, 15) is 9.59 Å². The van der Waals surface area contributed by atoms with Gasteiger partial charge in [0.2, 0.25) is 0 Å². The number of aryl methyl sites for hydroxylation is 1. The van der Waals surface area contributed by atoms with Crippen molar-refractivity contribution in [3.63, 3.8) is 0 Å². The molecule has 0 saturated carbocycles. The van der Waals surface area contributed by atoms with Gasteiger partial charge in [0.25, 0.3) is 5.56 Å². The fourth-order valence-corrected chi connectivity index (χ4v) is 3.79. The summed E-state index contributed by atoms with van der Waals surface area (Å²) in [5, 5.41) is 4.48. The number of benzene rings is 3. The SMILES string of the molecule is COC(=O)c1cn(-c2ccc(Oc3ccccc3)cc2)cc2c(=O)n(-c3ccccc3C)nc1-2. The summed E-state index contributed by atoms with van der Waals surface area (Å²) in [7, 11) is 1.30. The number of pyridine rings is 1. The van der Waals surface area contributed by atoms with Gasteiger partial charge in [0.1, 0.15) is 22.8 Å². The van der Waals surface area contributed by atoms with Crippen molar-refractivity contribution < 1.29 is 14.3 Å². The second kappa shape index (κ2) is 8.71. The average molecular weight is 451 g/mol. The van der Waals surface area contributed by atoms with Gasteiger partial charge in [-0.1, -0.05) is 36.4 Å². The van der Waals surface area contributed by atoms with E-state index in [1.54, 1.807) is 17.0 Å². The third kappa shape index (κ3) is 3.84. The molecule has 2 aliphatic rings. The van der Waals surface area contributed by atoms with Crippen LogP contribution in [0.1, 0.15) is 15.9 Å². The first-order chi connectivity index (χ1) is 16.5. The maximum atomic E-state index is 13.3. The Morgan fingerprint density at radius 2 is 1.53 bits per heavy atom. The second-order valence-electron chi connectivity index (χ2n) is 7.75. The van der Waals surface area contributed by atoms with Crippen LogP contribution in [0, 0.1) is 6.92 Å². The largest absolute Gasteiger partial charge is 0.465 e. The number of nitrogens with zero attached hydrogens (tertiary/aromatic N) is 3. The highest BCUT2D eigenvalue weighted by Gasteiger charge is 2.25. The molecule has 0 unspecified atom stereocenters. The van der Waals surface area contributed by atoms with E-state index in [-0.39, 0.29) is 11.1 Å². The van der Waals surface area contributed by atoms with Gasteiger partial charge in [0.15, 0.2) is 0 Å². The van der Waals surface area contributed by atoms with Crippen molar-refractivity contribution in [1.29, 1.82) is 0 Å². The fraction of sp³-hybridized carbons (Fsp3) is 0.0741. The predicted molar refractivity (Wildman–Crippen MR) is 128 cm³/mol. The normalized spacial score (nSPS) is 10.9. The molecule has 2 heterocycles. The van der Waals surface area contributed by atoms with Crippen molar-refractivity contribution in [2.45, 2.75) is 6.92 Å². The fourth-order valence-electron chi connectivity index (χ4n) is 3.79. The van der Waals surface area contributed by atoms with Crippen molar-refractivity contribution in [3.8, 4) is 34.1 Å². The average Bonchev–Trinajstić information content (AvgIpc) is 3.20. The van der Waals surface area contributed by atoms with Crippen LogP contribution >= 0.6 is 0 Å². The second-order valence-corrected chi connectivity index (χ2v) is 7.75. The number of methoxy groups -OCH3 is 1. The molecule has 0 aromatic heterocycles. The highest BCUT2D eigenvalue weighted by Crippen LogP contribution is 2.27. The molecule has 168 valence electrons. The molecule has 0 radical (unpaired) electrons. The van der Waals surface area contributed by atoms with Crippen LogP contribution in [-0.2, 0) is 4.74 Å². The zero-order valence-electron chi connectivity index (χ0n) is 18.6. The van der Waals surface area contributed by atoms with Gasteiger partial charge in [-0.05, 0) is 55.0 Å². The number of ether oxygens (including phenoxy) is 2. The van der Waals surface area contributed by atoms with Crippen LogP contribution in [0.2, 0.25) is 0 Å². The first kappa shape index (κ1) is 21.2. The van der Waals surface area contributed by atoms with Crippen LogP contribution in [-0.4, -0.2) is 27.4 Å². The van der Waals surface area contributed by atoms with E-state index in [0.717, 1.165) is 17.0 Å². The lowest BCUT2D eigenvalue weighted by atomic mass is 10.1. The monoisotopic (exact) mass is 451 g/mol. The van der Waals surface area contributed by atoms with Crippen LogP contribution in [0.25, 0.3) is 22.6 Å². The Labute approximate surface area is 195 Å². The maximum Gasteiger partial charge on any atom is 0.341 e. The number of para-hydroxylation sites is 2. The summed E-state index contributed by atoms with van der Waals surface area (Å²) >= 11 is 0. The van der Waals surface area contributed by atoms with Crippen LogP contribution in [0.4, 0.5) is 0 Å². The lowest BCUT2D eigenvalue weighted by molar-refractivity contribution is 0.0600. The number of hydrogen-bond donors (Lipinski definition) is 0. The van der Waals surface area contributed by atoms with E-state index in [4.69, 9.17) is 9.47 Å². The van der Waals surface area contributed by atoms with E-state index in [1.807, 2.05) is 85.8 Å². The van der Waals surface area contributed by atoms with Gasteiger partial charge >= 0.3 is 5.97 Å². The number of hydrogen-bond acceptors (Lipinski definition) is 5. The van der Waals surface area contributed by atoms with Gasteiger partial charge in [-0.2, -0.15) is 9.78 Å². The molecule has 2 aliphatic heterocycles. The predicted octanol–water partition coefficient (Wildman–Crippen LogP) is 5.02. The molecule has 0 fully saturated rings. The van der Waals surface area contributed by atoms with Crippen LogP contribution in [0.3, 0.4) is 0 Å². The molecule has 3 aromatic rings. The minimum atomic E-state index is -0.571. The van der Waals surface area contributed by atoms with Crippen LogP contribution in [0.5, 0.6) is 11.5 Å². The van der Waals surface area contributed by atoms with E-state index >= 15 is 0 Å². The molecule has 0 N–H and O–H groups in total. The molecule has 0 atom stereocenters. The van der Waals surface area contributed by atoms with E-state index in [1.165, 1.54) is 11.8 Å². The van der Waals surface area contributed by atoms with Gasteiger partial charge < -0.3 is 14.0 Å². The van der Waals surface area contributed by atoms with Gasteiger partial charge in [-0.3, -0.25) is 4.79 Å². The third-order valence-electron chi connectivity index (χ3n) is 5.53. The molecule has 3 aromatic carbocycles. The number of fused-ring (bicyclic) bond motifs is 1. The third-order valence-corrected chi connectivity index (χ3v) is 5.53. The standard InChI is InChI=1S/C27H21N3O4/c1-18-8-6-7-11-24(18)30-26(31)22-16-29(17-23(25(22)28-30)27(32)33-2)19-12-14-21(15-13-19)34-20-9-4-3-5-10-20/h3-17H,1-2H3. The molecule has 7 heteroatoms. The summed E-state index contributed by atoms with van der Waals surface area (Å²) in [6.07, 6.45) is 3.30. The Morgan fingerprint density at radius 1 is 0.853 bits per heavy atom. The summed E-state index contributed by atoms with van der Waals surface area (Å²) in [5.74, 6) is 0.830. The highest BCUT2D eigenvalue weighted by atomic mass is 16.5. The molecule has 7 nitrogen and oxygen atoms in total. The topological polar surface area (TPSA) is 75.3 Å². The number of carbonyl (C=O) groups excluding carboxylic acids is 1. The van der Waals surface area contributed by atoms with Crippen molar-refractivity contribution in [1.82, 2.24) is 14.3 Å². The highest BCUT2D eigenvalue weighted by molar-refractivity contribution is 5.96. The summed E-state index contributed by atoms with van der Waals surface area (Å²) in [5.41, 5.74) is 2.80. The molecule has 34 heavy (non-hydrogen) atoms. The first-order valence-electron chi connectivity index (χ1n) is 10.7. The van der Waals surface area contributed by atoms with Crippen LogP contribution in [0.15, 0.2) is 96.1 Å². The first-order valence-corrected chi connectivity index (χ1v) is 10.7. The van der Waals surface area contributed by atoms with Gasteiger partial charge in [0, 0.05) is 18.1 Å². The minimum Gasteiger partial charge on any atom is -0.465 e. The van der Waals surface area contributed by atoms with E-state index < -0.39 is 5.97 Å². The summed E-state index contributed by atoms with van der Waals surface area (Å²) < 4.78 is 13.9. The van der Waals surface area contributed by atoms with E-state index in [0.29, 0.717) is 22.7 Å². The Morgan fingerprint density at radius 3 is 2.24 bits per heavy atom. The molecule has 0 spiro atoms. The molecule has 5 rings (SSSR count). The van der Waals surface area contributed by atoms with Crippen molar-refractivity contribution in [2.24, 2.45) is 0 Å². The van der Waals surface area contributed by atoms with Gasteiger partial charge in [0.05, 0.1) is 18.4 Å². The minimum absolute atomic E-state index is 0.203. The number of rotatable bonds is 5. The maximum absolute atomic E-state index is 13.3. The molecular weight excluding hydrogens is 430 g/mol. The van der Waals surface area contributed by atoms with E-state index in [2.05, 4.69) is 5.10 Å². The lowest BCUT2D eigenvalue weighted by Gasteiger charge is -2.12. The van der Waals surface area contributed by atoms with Crippen molar-refractivity contribution in [2.75, 3.05) is 7.11 Å². The Kier molecular flexibility index (Phi) is 5.43. The van der Waals surface area contributed by atoms with Crippen molar-refractivity contribution in [3.05, 3.63) is 113 Å². The molecule has 0 aliphatic carbocycles. The Hall–Kier alpha value is -4.65. The number of aromatic nitrogens is 3. The van der Waals surface area contributed by atoms with Gasteiger partial charge in [-0.15, -0.1) is 0 Å². The molecule has 0 bridgehead atoms. The molecule has 0 saturated heterocycles. The summed E-state index contributed by atoms with van der Waals surface area (Å²) in [6, 6.07) is 24.3. The number of carbonyl (C=O) groups is 1. The lowest BCUT2D eigenvalue weighted by Crippen LogP contribution is -2.16. The quantitative estimate of drug-likeness (QED) is 0.351. The zero-order chi connectivity index (χ0) is 23.7. The Bertz CT molecular complexity index is 1500. The molecule has 0 amide bonds. The van der Waals surface area contributed by atoms with Gasteiger partial charge in [-0.25, -0.2) is 4.79 Å². The molecular formula is C27H21N3O4. The number of esters is 1. The van der Waals surface area contributed by atoms with Crippen molar-refractivity contribution >= 4 is 5.97 Å². The van der Waals surface area contributed by atoms with Crippen LogP contribution < -0.4 is 10.3 Å². The summed E-state index contributed by atoms with van der Waals surface area (Å²) in [6.45, 7) is 1.90. The summed E-state index contributed by atoms with van der Waals surface area (Å²) in [4.78, 5) is 25.9.